The van der Waals surface area contributed by atoms with Crippen LogP contribution in [0.5, 0.6) is 17.2 Å². The van der Waals surface area contributed by atoms with Gasteiger partial charge in [0.15, 0.2) is 0 Å². The Labute approximate surface area is 150 Å². The number of hydrogen-bond donors (Lipinski definition) is 1. The zero-order valence-corrected chi connectivity index (χ0v) is 14.2. The molecule has 1 aromatic heterocycles. The third-order valence-electron chi connectivity index (χ3n) is 4.22. The van der Waals surface area contributed by atoms with Crippen molar-refractivity contribution in [3.05, 3.63) is 53.7 Å². The molecule has 0 spiro atoms. The normalized spacial score (nSPS) is 15.5. The lowest BCUT2D eigenvalue weighted by molar-refractivity contribution is 0.262. The van der Waals surface area contributed by atoms with Crippen LogP contribution in [-0.2, 0) is 4.74 Å². The quantitative estimate of drug-likeness (QED) is 0.560. The van der Waals surface area contributed by atoms with Crippen molar-refractivity contribution in [2.24, 2.45) is 0 Å². The minimum atomic E-state index is 0.119. The number of nitrogens with two attached hydrogens (primary N) is 1. The topological polar surface area (TPSA) is 93.7 Å². The smallest absolute Gasteiger partial charge is 0.139 e. The van der Waals surface area contributed by atoms with Crippen LogP contribution in [0.25, 0.3) is 10.9 Å². The average Bonchev–Trinajstić information content (AvgIpc) is 3.47. The number of pyridine rings is 1. The lowest BCUT2D eigenvalue weighted by Gasteiger charge is -2.12. The second kappa shape index (κ2) is 6.54. The summed E-state index contributed by atoms with van der Waals surface area (Å²) in [5.74, 6) is 1.80. The maximum atomic E-state index is 9.47. The van der Waals surface area contributed by atoms with Crippen LogP contribution in [-0.4, -0.2) is 24.3 Å². The summed E-state index contributed by atoms with van der Waals surface area (Å²) in [6, 6.07) is 12.9. The first-order chi connectivity index (χ1) is 12.6. The second-order valence-electron chi connectivity index (χ2n) is 6.17. The van der Waals surface area contributed by atoms with E-state index >= 15 is 0 Å². The van der Waals surface area contributed by atoms with Crippen molar-refractivity contribution in [3.8, 4) is 23.3 Å². The third kappa shape index (κ3) is 3.25. The molecule has 4 rings (SSSR count). The van der Waals surface area contributed by atoms with E-state index in [1.807, 2.05) is 19.1 Å². The molecule has 0 saturated carbocycles. The Hall–Kier alpha value is -3.30. The number of anilines is 1. The van der Waals surface area contributed by atoms with Crippen LogP contribution < -0.4 is 15.2 Å². The molecule has 130 valence electrons. The molecule has 1 fully saturated rings. The average molecular weight is 347 g/mol. The van der Waals surface area contributed by atoms with E-state index in [-0.39, 0.29) is 6.10 Å². The molecule has 1 atom stereocenters. The Morgan fingerprint density at radius 3 is 2.85 bits per heavy atom. The van der Waals surface area contributed by atoms with E-state index in [2.05, 4.69) is 11.1 Å². The Morgan fingerprint density at radius 1 is 1.27 bits per heavy atom. The number of aryl methyl sites for hydroxylation is 1. The molecule has 0 aliphatic carbocycles. The van der Waals surface area contributed by atoms with Gasteiger partial charge >= 0.3 is 0 Å². The number of nitrogen functional groups attached to an aromatic ring is 1. The van der Waals surface area contributed by atoms with Gasteiger partial charge in [-0.15, -0.1) is 0 Å². The molecule has 2 aromatic carbocycles. The van der Waals surface area contributed by atoms with Crippen LogP contribution in [0.4, 0.5) is 5.69 Å². The molecule has 0 amide bonds. The van der Waals surface area contributed by atoms with Crippen molar-refractivity contribution in [2.75, 3.05) is 18.9 Å². The fourth-order valence-electron chi connectivity index (χ4n) is 2.63. The lowest BCUT2D eigenvalue weighted by atomic mass is 10.1. The number of aromatic nitrogens is 1. The van der Waals surface area contributed by atoms with E-state index in [4.69, 9.17) is 19.9 Å². The van der Waals surface area contributed by atoms with Crippen molar-refractivity contribution in [3.63, 3.8) is 0 Å². The van der Waals surface area contributed by atoms with Gasteiger partial charge in [-0.25, -0.2) is 0 Å². The molecule has 3 aromatic rings. The van der Waals surface area contributed by atoms with Crippen molar-refractivity contribution in [1.82, 2.24) is 4.98 Å². The maximum absolute atomic E-state index is 9.47. The molecule has 6 nitrogen and oxygen atoms in total. The minimum Gasteiger partial charge on any atom is -0.489 e. The van der Waals surface area contributed by atoms with Crippen molar-refractivity contribution < 1.29 is 14.2 Å². The largest absolute Gasteiger partial charge is 0.489 e. The molecule has 0 unspecified atom stereocenters. The Balaban J connectivity index is 1.70. The number of rotatable bonds is 5. The van der Waals surface area contributed by atoms with Crippen LogP contribution >= 0.6 is 0 Å². The summed E-state index contributed by atoms with van der Waals surface area (Å²) in [4.78, 5) is 4.37. The van der Waals surface area contributed by atoms with Crippen molar-refractivity contribution in [2.45, 2.75) is 13.0 Å². The molecule has 0 bridgehead atoms. The van der Waals surface area contributed by atoms with Crippen LogP contribution in [0.1, 0.15) is 11.1 Å². The first-order valence-corrected chi connectivity index (χ1v) is 8.25. The lowest BCUT2D eigenvalue weighted by Crippen LogP contribution is -2.05. The number of hydrogen-bond acceptors (Lipinski definition) is 6. The molecule has 2 heterocycles. The fourth-order valence-corrected chi connectivity index (χ4v) is 2.63. The van der Waals surface area contributed by atoms with Gasteiger partial charge in [-0.2, -0.15) is 5.26 Å². The zero-order valence-electron chi connectivity index (χ0n) is 14.2. The molecule has 0 radical (unpaired) electrons. The highest BCUT2D eigenvalue weighted by atomic mass is 16.6. The summed E-state index contributed by atoms with van der Waals surface area (Å²) in [6.45, 7) is 3.06. The van der Waals surface area contributed by atoms with Gasteiger partial charge in [0, 0.05) is 23.3 Å². The van der Waals surface area contributed by atoms with E-state index in [1.54, 1.807) is 30.5 Å². The predicted octanol–water partition coefficient (Wildman–Crippen LogP) is 3.57. The summed E-state index contributed by atoms with van der Waals surface area (Å²) >= 11 is 0. The summed E-state index contributed by atoms with van der Waals surface area (Å²) in [5.41, 5.74) is 8.64. The monoisotopic (exact) mass is 347 g/mol. The molecular weight excluding hydrogens is 330 g/mol. The SMILES string of the molecule is Cc1cc(Oc2ccnc3cc(OC[C@@H]4CO4)c(C#N)cc23)ccc1N. The van der Waals surface area contributed by atoms with E-state index < -0.39 is 0 Å². The van der Waals surface area contributed by atoms with Gasteiger partial charge < -0.3 is 19.9 Å². The molecular formula is C20H17N3O3. The molecule has 1 saturated heterocycles. The number of nitriles is 1. The minimum absolute atomic E-state index is 0.119. The van der Waals surface area contributed by atoms with Crippen molar-refractivity contribution >= 4 is 16.6 Å². The third-order valence-corrected chi connectivity index (χ3v) is 4.22. The van der Waals surface area contributed by atoms with Crippen molar-refractivity contribution in [1.29, 1.82) is 5.26 Å². The van der Waals surface area contributed by atoms with Gasteiger partial charge in [0.05, 0.1) is 17.7 Å². The van der Waals surface area contributed by atoms with Crippen LogP contribution in [0.2, 0.25) is 0 Å². The summed E-state index contributed by atoms with van der Waals surface area (Å²) in [6.07, 6.45) is 1.79. The van der Waals surface area contributed by atoms with E-state index in [0.717, 1.165) is 10.9 Å². The van der Waals surface area contributed by atoms with Gasteiger partial charge in [0.25, 0.3) is 0 Å². The number of fused-ring (bicyclic) bond motifs is 1. The molecule has 1 aliphatic heterocycles. The summed E-state index contributed by atoms with van der Waals surface area (Å²) in [7, 11) is 0. The Bertz CT molecular complexity index is 1020. The van der Waals surface area contributed by atoms with E-state index in [1.165, 1.54) is 0 Å². The molecule has 2 N–H and O–H groups in total. The number of benzene rings is 2. The first-order valence-electron chi connectivity index (χ1n) is 8.25. The van der Waals surface area contributed by atoms with Crippen LogP contribution in [0, 0.1) is 18.3 Å². The highest BCUT2D eigenvalue weighted by Gasteiger charge is 2.24. The standard InChI is InChI=1S/C20H17N3O3/c1-12-6-14(2-3-17(12)22)26-19-4-5-23-18-8-20(25-11-15-10-24-15)13(9-21)7-16(18)19/h2-8,15H,10-11,22H2,1H3/t15-/m0/s1. The number of nitrogens with zero attached hydrogens (tertiary/aromatic N) is 2. The highest BCUT2D eigenvalue weighted by molar-refractivity contribution is 5.88. The fraction of sp³-hybridized carbons (Fsp3) is 0.200. The predicted molar refractivity (Wildman–Crippen MR) is 97.4 cm³/mol. The number of epoxide rings is 1. The summed E-state index contributed by atoms with van der Waals surface area (Å²) in [5, 5.41) is 10.2. The highest BCUT2D eigenvalue weighted by Crippen LogP contribution is 2.34. The molecule has 6 heteroatoms. The molecule has 1 aliphatic rings. The number of ether oxygens (including phenoxy) is 3. The van der Waals surface area contributed by atoms with Gasteiger partial charge in [-0.1, -0.05) is 0 Å². The van der Waals surface area contributed by atoms with Gasteiger partial charge in [0.2, 0.25) is 0 Å². The maximum Gasteiger partial charge on any atom is 0.139 e. The summed E-state index contributed by atoms with van der Waals surface area (Å²) < 4.78 is 16.9. The molecule has 26 heavy (non-hydrogen) atoms. The zero-order chi connectivity index (χ0) is 18.1. The second-order valence-corrected chi connectivity index (χ2v) is 6.17. The van der Waals surface area contributed by atoms with Crippen LogP contribution in [0.15, 0.2) is 42.6 Å². The van der Waals surface area contributed by atoms with Gasteiger partial charge in [-0.3, -0.25) is 4.98 Å². The van der Waals surface area contributed by atoms with E-state index in [0.29, 0.717) is 47.2 Å². The van der Waals surface area contributed by atoms with E-state index in [9.17, 15) is 5.26 Å². The Morgan fingerprint density at radius 2 is 2.12 bits per heavy atom. The Kier molecular flexibility index (Phi) is 4.07. The van der Waals surface area contributed by atoms with Gasteiger partial charge in [0.1, 0.15) is 36.0 Å². The first kappa shape index (κ1) is 16.2. The van der Waals surface area contributed by atoms with Crippen LogP contribution in [0.3, 0.4) is 0 Å². The van der Waals surface area contributed by atoms with Gasteiger partial charge in [-0.05, 0) is 42.8 Å².